The molecule has 0 spiro atoms. The van der Waals surface area contributed by atoms with E-state index >= 15 is 0 Å². The first-order valence-corrected chi connectivity index (χ1v) is 9.03. The van der Waals surface area contributed by atoms with E-state index in [2.05, 4.69) is 20.3 Å². The molecule has 138 valence electrons. The van der Waals surface area contributed by atoms with Crippen LogP contribution in [0.4, 0.5) is 17.6 Å². The zero-order valence-electron chi connectivity index (χ0n) is 15.2. The van der Waals surface area contributed by atoms with E-state index in [1.165, 1.54) is 18.7 Å². The first-order valence-electron chi connectivity index (χ1n) is 7.98. The second-order valence-electron chi connectivity index (χ2n) is 5.85. The summed E-state index contributed by atoms with van der Waals surface area (Å²) in [5, 5.41) is 2.44. The maximum absolute atomic E-state index is 12.4. The molecule has 2 rings (SSSR count). The van der Waals surface area contributed by atoms with Crippen LogP contribution in [0.3, 0.4) is 0 Å². The average Bonchev–Trinajstić information content (AvgIpc) is 2.59. The average molecular weight is 374 g/mol. The van der Waals surface area contributed by atoms with Gasteiger partial charge in [0.25, 0.3) is 0 Å². The van der Waals surface area contributed by atoms with Gasteiger partial charge in [0.2, 0.25) is 17.8 Å². The standard InChI is InChI=1S/C17H22N6O2S/c1-10(24)12-7-5-6-8-13(12)19-15(25)11(2)26-9-14-20-16(18)22-17(21-14)23(3)4/h5-8,11H,9H2,1-4H3,(H,19,25)(H2,18,20,21,22)/t11-/m1/s1. The Labute approximate surface area is 156 Å². The number of carbonyl (C=O) groups is 2. The maximum Gasteiger partial charge on any atom is 0.237 e. The molecule has 1 atom stereocenters. The van der Waals surface area contributed by atoms with Gasteiger partial charge in [0.15, 0.2) is 5.78 Å². The molecule has 0 unspecified atom stereocenters. The van der Waals surface area contributed by atoms with E-state index in [0.717, 1.165) is 0 Å². The number of nitrogens with zero attached hydrogens (tertiary/aromatic N) is 4. The van der Waals surface area contributed by atoms with E-state index < -0.39 is 0 Å². The number of para-hydroxylation sites is 1. The van der Waals surface area contributed by atoms with E-state index in [4.69, 9.17) is 5.73 Å². The Hall–Kier alpha value is -2.68. The number of hydrogen-bond acceptors (Lipinski definition) is 8. The van der Waals surface area contributed by atoms with Gasteiger partial charge in [0.05, 0.1) is 16.7 Å². The predicted octanol–water partition coefficient (Wildman–Crippen LogP) is 1.98. The van der Waals surface area contributed by atoms with Crippen LogP contribution in [-0.2, 0) is 10.5 Å². The highest BCUT2D eigenvalue weighted by atomic mass is 32.2. The molecular weight excluding hydrogens is 352 g/mol. The van der Waals surface area contributed by atoms with Crippen LogP contribution in [0, 0.1) is 0 Å². The number of Topliss-reactive ketones (excluding diaryl/α,β-unsaturated/α-hetero) is 1. The van der Waals surface area contributed by atoms with Crippen molar-refractivity contribution in [2.45, 2.75) is 24.9 Å². The number of ketones is 1. The number of anilines is 3. The lowest BCUT2D eigenvalue weighted by Crippen LogP contribution is -2.24. The van der Waals surface area contributed by atoms with E-state index in [9.17, 15) is 9.59 Å². The van der Waals surface area contributed by atoms with Crippen molar-refractivity contribution in [1.82, 2.24) is 15.0 Å². The van der Waals surface area contributed by atoms with Crippen molar-refractivity contribution in [2.75, 3.05) is 30.0 Å². The molecule has 1 heterocycles. The Morgan fingerprint density at radius 3 is 2.58 bits per heavy atom. The van der Waals surface area contributed by atoms with Crippen LogP contribution in [0.15, 0.2) is 24.3 Å². The Morgan fingerprint density at radius 2 is 1.92 bits per heavy atom. The summed E-state index contributed by atoms with van der Waals surface area (Å²) in [6.07, 6.45) is 0. The maximum atomic E-state index is 12.4. The molecule has 26 heavy (non-hydrogen) atoms. The Morgan fingerprint density at radius 1 is 1.23 bits per heavy atom. The summed E-state index contributed by atoms with van der Waals surface area (Å²) < 4.78 is 0. The predicted molar refractivity (Wildman–Crippen MR) is 104 cm³/mol. The van der Waals surface area contributed by atoms with Crippen molar-refractivity contribution in [3.05, 3.63) is 35.7 Å². The fraction of sp³-hybridized carbons (Fsp3) is 0.353. The molecule has 0 aliphatic rings. The molecule has 0 fully saturated rings. The fourth-order valence-electron chi connectivity index (χ4n) is 2.10. The highest BCUT2D eigenvalue weighted by molar-refractivity contribution is 7.99. The van der Waals surface area contributed by atoms with E-state index in [0.29, 0.717) is 28.8 Å². The number of hydrogen-bond donors (Lipinski definition) is 2. The van der Waals surface area contributed by atoms with Gasteiger partial charge in [-0.3, -0.25) is 9.59 Å². The van der Waals surface area contributed by atoms with Crippen LogP contribution in [0.1, 0.15) is 30.0 Å². The van der Waals surface area contributed by atoms with Gasteiger partial charge in [-0.2, -0.15) is 15.0 Å². The van der Waals surface area contributed by atoms with E-state index in [-0.39, 0.29) is 22.9 Å². The summed E-state index contributed by atoms with van der Waals surface area (Å²) in [7, 11) is 3.63. The van der Waals surface area contributed by atoms with E-state index in [1.54, 1.807) is 36.1 Å². The zero-order chi connectivity index (χ0) is 19.3. The van der Waals surface area contributed by atoms with Gasteiger partial charge < -0.3 is 16.0 Å². The van der Waals surface area contributed by atoms with Gasteiger partial charge in [-0.15, -0.1) is 11.8 Å². The van der Waals surface area contributed by atoms with Crippen LogP contribution in [-0.4, -0.2) is 46.0 Å². The number of carbonyl (C=O) groups excluding carboxylic acids is 2. The van der Waals surface area contributed by atoms with Crippen molar-refractivity contribution < 1.29 is 9.59 Å². The molecule has 9 heteroatoms. The molecule has 0 aliphatic heterocycles. The third kappa shape index (κ3) is 5.16. The molecule has 0 saturated carbocycles. The minimum absolute atomic E-state index is 0.0990. The van der Waals surface area contributed by atoms with Gasteiger partial charge in [-0.25, -0.2) is 0 Å². The molecule has 1 aromatic carbocycles. The Bertz CT molecular complexity index is 812. The van der Waals surface area contributed by atoms with Crippen molar-refractivity contribution >= 4 is 41.0 Å². The first kappa shape index (κ1) is 19.6. The minimum Gasteiger partial charge on any atom is -0.368 e. The van der Waals surface area contributed by atoms with Crippen LogP contribution < -0.4 is 16.0 Å². The molecule has 1 aromatic heterocycles. The van der Waals surface area contributed by atoms with E-state index in [1.807, 2.05) is 14.1 Å². The normalized spacial score (nSPS) is 11.7. The monoisotopic (exact) mass is 374 g/mol. The van der Waals surface area contributed by atoms with Crippen molar-refractivity contribution in [3.63, 3.8) is 0 Å². The minimum atomic E-state index is -0.365. The highest BCUT2D eigenvalue weighted by Crippen LogP contribution is 2.21. The van der Waals surface area contributed by atoms with Gasteiger partial charge in [-0.05, 0) is 26.0 Å². The summed E-state index contributed by atoms with van der Waals surface area (Å²) in [6, 6.07) is 6.93. The van der Waals surface area contributed by atoms with Crippen LogP contribution >= 0.6 is 11.8 Å². The Kier molecular flexibility index (Phi) is 6.51. The number of benzene rings is 1. The third-order valence-corrected chi connectivity index (χ3v) is 4.62. The molecule has 0 bridgehead atoms. The van der Waals surface area contributed by atoms with Gasteiger partial charge in [-0.1, -0.05) is 12.1 Å². The lowest BCUT2D eigenvalue weighted by atomic mass is 10.1. The van der Waals surface area contributed by atoms with Crippen LogP contribution in [0.2, 0.25) is 0 Å². The summed E-state index contributed by atoms with van der Waals surface area (Å²) in [5.74, 6) is 1.25. The highest BCUT2D eigenvalue weighted by Gasteiger charge is 2.17. The zero-order valence-corrected chi connectivity index (χ0v) is 16.0. The first-order chi connectivity index (χ1) is 12.3. The van der Waals surface area contributed by atoms with Gasteiger partial charge in [0.1, 0.15) is 5.82 Å². The summed E-state index contributed by atoms with van der Waals surface area (Å²) in [6.45, 7) is 3.25. The summed E-state index contributed by atoms with van der Waals surface area (Å²) >= 11 is 1.38. The van der Waals surface area contributed by atoms with Crippen LogP contribution in [0.5, 0.6) is 0 Å². The smallest absolute Gasteiger partial charge is 0.237 e. The molecule has 2 aromatic rings. The quantitative estimate of drug-likeness (QED) is 0.707. The second kappa shape index (κ2) is 8.61. The number of nitrogen functional groups attached to an aromatic ring is 1. The summed E-state index contributed by atoms with van der Waals surface area (Å²) in [4.78, 5) is 38.3. The molecule has 3 N–H and O–H groups in total. The number of nitrogens with one attached hydrogen (secondary N) is 1. The summed E-state index contributed by atoms with van der Waals surface area (Å²) in [5.41, 5.74) is 6.70. The van der Waals surface area contributed by atoms with Crippen molar-refractivity contribution in [1.29, 1.82) is 0 Å². The lowest BCUT2D eigenvalue weighted by Gasteiger charge is -2.14. The fourth-order valence-corrected chi connectivity index (χ4v) is 2.84. The van der Waals surface area contributed by atoms with Gasteiger partial charge >= 0.3 is 0 Å². The molecule has 0 aliphatic carbocycles. The number of thioether (sulfide) groups is 1. The molecular formula is C17H22N6O2S. The number of amides is 1. The van der Waals surface area contributed by atoms with Crippen LogP contribution in [0.25, 0.3) is 0 Å². The number of rotatable bonds is 7. The number of aromatic nitrogens is 3. The van der Waals surface area contributed by atoms with Crippen molar-refractivity contribution in [2.24, 2.45) is 0 Å². The molecule has 0 saturated heterocycles. The Balaban J connectivity index is 2.01. The lowest BCUT2D eigenvalue weighted by molar-refractivity contribution is -0.115. The SMILES string of the molecule is CC(=O)c1ccccc1NC(=O)[C@@H](C)SCc1nc(N)nc(N(C)C)n1. The molecule has 0 radical (unpaired) electrons. The molecule has 1 amide bonds. The van der Waals surface area contributed by atoms with Gasteiger partial charge in [0, 0.05) is 19.7 Å². The number of nitrogens with two attached hydrogens (primary N) is 1. The largest absolute Gasteiger partial charge is 0.368 e. The van der Waals surface area contributed by atoms with Crippen molar-refractivity contribution in [3.8, 4) is 0 Å². The topological polar surface area (TPSA) is 114 Å². The second-order valence-corrected chi connectivity index (χ2v) is 7.18. The molecule has 8 nitrogen and oxygen atoms in total. The third-order valence-electron chi connectivity index (χ3n) is 3.48.